The van der Waals surface area contributed by atoms with Gasteiger partial charge in [0.05, 0.1) is 0 Å². The first-order valence-electron chi connectivity index (χ1n) is 13.4. The average molecular weight is 547 g/mol. The zero-order chi connectivity index (χ0) is 28.7. The standard InChI is InChI=1S/C28H39FN4O6/c1-16(2)24-26(35)30-18(4)27(36)33-13-8-10-23(32-33)28(37)39-19(5)21-15-20(11-12-22(21)29)38-14-7-6-9-17(3)25(34)31-24/h6-7,11-12,15-19,23-24,32H,8-10,13-14H2,1-5H3,(H,30,35)(H,31,34)/t17-,18+,19-,23+,24+/m1/s1. The first kappa shape index (κ1) is 30.1. The summed E-state index contributed by atoms with van der Waals surface area (Å²) in [5.74, 6) is -2.57. The molecule has 5 atom stereocenters. The van der Waals surface area contributed by atoms with Crippen LogP contribution in [0.25, 0.3) is 0 Å². The lowest BCUT2D eigenvalue weighted by Gasteiger charge is -2.35. The maximum Gasteiger partial charge on any atom is 0.325 e. The summed E-state index contributed by atoms with van der Waals surface area (Å²) in [4.78, 5) is 51.9. The molecule has 1 saturated heterocycles. The van der Waals surface area contributed by atoms with Crippen molar-refractivity contribution in [1.82, 2.24) is 21.1 Å². The van der Waals surface area contributed by atoms with Gasteiger partial charge in [-0.3, -0.25) is 24.2 Å². The first-order valence-corrected chi connectivity index (χ1v) is 13.4. The number of ether oxygens (including phenoxy) is 2. The normalized spacial score (nSPS) is 28.0. The third kappa shape index (κ3) is 8.01. The number of nitrogens with zero attached hydrogens (tertiary/aromatic N) is 1. The molecule has 0 saturated carbocycles. The Hall–Kier alpha value is -3.47. The number of hydrogen-bond acceptors (Lipinski definition) is 7. The number of amides is 3. The van der Waals surface area contributed by atoms with Crippen LogP contribution in [0.1, 0.15) is 65.5 Å². The van der Waals surface area contributed by atoms with E-state index < -0.39 is 53.7 Å². The first-order chi connectivity index (χ1) is 18.5. The fraction of sp³-hybridized carbons (Fsp3) is 0.571. The highest BCUT2D eigenvalue weighted by molar-refractivity contribution is 5.92. The van der Waals surface area contributed by atoms with Crippen LogP contribution in [0.4, 0.5) is 4.39 Å². The Morgan fingerprint density at radius 2 is 1.77 bits per heavy atom. The molecule has 11 heteroatoms. The number of rotatable bonds is 1. The third-order valence-corrected chi connectivity index (χ3v) is 6.86. The summed E-state index contributed by atoms with van der Waals surface area (Å²) in [6, 6.07) is 1.68. The Labute approximate surface area is 228 Å². The van der Waals surface area contributed by atoms with Crippen molar-refractivity contribution in [3.8, 4) is 5.75 Å². The van der Waals surface area contributed by atoms with E-state index in [9.17, 15) is 23.6 Å². The van der Waals surface area contributed by atoms with E-state index in [1.807, 2.05) is 13.8 Å². The number of cyclic esters (lactones) is 1. The lowest BCUT2D eigenvalue weighted by Crippen LogP contribution is -2.61. The van der Waals surface area contributed by atoms with Crippen LogP contribution in [0.3, 0.4) is 0 Å². The summed E-state index contributed by atoms with van der Waals surface area (Å²) in [5.41, 5.74) is 3.05. The van der Waals surface area contributed by atoms with E-state index in [1.54, 1.807) is 32.9 Å². The lowest BCUT2D eigenvalue weighted by molar-refractivity contribution is -0.157. The van der Waals surface area contributed by atoms with Gasteiger partial charge in [-0.1, -0.05) is 32.9 Å². The van der Waals surface area contributed by atoms with Crippen molar-refractivity contribution in [1.29, 1.82) is 0 Å². The van der Waals surface area contributed by atoms with Crippen LogP contribution in [0.15, 0.2) is 30.4 Å². The molecular formula is C28H39FN4O6. The zero-order valence-corrected chi connectivity index (χ0v) is 23.2. The van der Waals surface area contributed by atoms with E-state index >= 15 is 0 Å². The highest BCUT2D eigenvalue weighted by Gasteiger charge is 2.34. The molecule has 0 aromatic heterocycles. The fourth-order valence-electron chi connectivity index (χ4n) is 4.41. The van der Waals surface area contributed by atoms with Crippen molar-refractivity contribution < 1.29 is 33.0 Å². The highest BCUT2D eigenvalue weighted by Crippen LogP contribution is 2.26. The molecule has 3 amide bonds. The van der Waals surface area contributed by atoms with Crippen LogP contribution in [-0.4, -0.2) is 60.0 Å². The Balaban J connectivity index is 1.85. The monoisotopic (exact) mass is 546 g/mol. The number of hydrogen-bond donors (Lipinski definition) is 3. The van der Waals surface area contributed by atoms with E-state index in [0.717, 1.165) is 0 Å². The van der Waals surface area contributed by atoms with Gasteiger partial charge in [-0.25, -0.2) is 9.82 Å². The zero-order valence-electron chi connectivity index (χ0n) is 23.2. The van der Waals surface area contributed by atoms with E-state index in [0.29, 0.717) is 31.6 Å². The van der Waals surface area contributed by atoms with Crippen LogP contribution in [0, 0.1) is 17.7 Å². The van der Waals surface area contributed by atoms with Crippen LogP contribution in [0.2, 0.25) is 0 Å². The molecule has 1 aromatic rings. The minimum absolute atomic E-state index is 0.164. The van der Waals surface area contributed by atoms with Gasteiger partial charge in [-0.05, 0) is 57.2 Å². The minimum Gasteiger partial charge on any atom is -0.490 e. The number of fused-ring (bicyclic) bond motifs is 4. The van der Waals surface area contributed by atoms with Gasteiger partial charge in [-0.2, -0.15) is 0 Å². The van der Waals surface area contributed by atoms with Crippen LogP contribution < -0.4 is 20.8 Å². The summed E-state index contributed by atoms with van der Waals surface area (Å²) in [5, 5.41) is 6.79. The maximum absolute atomic E-state index is 14.6. The van der Waals surface area contributed by atoms with Crippen molar-refractivity contribution in [3.63, 3.8) is 0 Å². The second-order valence-corrected chi connectivity index (χ2v) is 10.5. The number of carbonyl (C=O) groups excluding carboxylic acids is 4. The summed E-state index contributed by atoms with van der Waals surface area (Å²) in [7, 11) is 0. The molecule has 1 aromatic carbocycles. The van der Waals surface area contributed by atoms with Gasteiger partial charge in [0.25, 0.3) is 5.91 Å². The minimum atomic E-state index is -0.910. The second-order valence-electron chi connectivity index (χ2n) is 10.5. The average Bonchev–Trinajstić information content (AvgIpc) is 2.90. The molecule has 1 fully saturated rings. The topological polar surface area (TPSA) is 126 Å². The molecule has 3 rings (SSSR count). The van der Waals surface area contributed by atoms with E-state index in [2.05, 4.69) is 16.1 Å². The van der Waals surface area contributed by atoms with Gasteiger partial charge < -0.3 is 20.1 Å². The predicted molar refractivity (Wildman–Crippen MR) is 142 cm³/mol. The van der Waals surface area contributed by atoms with Gasteiger partial charge >= 0.3 is 5.97 Å². The van der Waals surface area contributed by atoms with Crippen molar-refractivity contribution in [2.75, 3.05) is 13.2 Å². The molecular weight excluding hydrogens is 507 g/mol. The Bertz CT molecular complexity index is 1090. The van der Waals surface area contributed by atoms with Crippen LogP contribution in [0.5, 0.6) is 5.75 Å². The SMILES string of the molecule is CC(C)[C@@H]1NC(=O)[C@H](C)CC=CCOc2ccc(F)c(c2)[C@@H](C)OC(=O)[C@@H]2CCCN(N2)C(=O)[C@H](C)NC1=O. The largest absolute Gasteiger partial charge is 0.490 e. The van der Waals surface area contributed by atoms with E-state index in [4.69, 9.17) is 9.47 Å². The molecule has 0 unspecified atom stereocenters. The van der Waals surface area contributed by atoms with Crippen molar-refractivity contribution in [3.05, 3.63) is 41.7 Å². The highest BCUT2D eigenvalue weighted by atomic mass is 19.1. The molecule has 2 aliphatic heterocycles. The third-order valence-electron chi connectivity index (χ3n) is 6.86. The van der Waals surface area contributed by atoms with Gasteiger partial charge in [0.1, 0.15) is 42.4 Å². The van der Waals surface area contributed by atoms with Crippen LogP contribution in [-0.2, 0) is 23.9 Å². The predicted octanol–water partition coefficient (Wildman–Crippen LogP) is 2.55. The van der Waals surface area contributed by atoms with Gasteiger partial charge in [0.15, 0.2) is 0 Å². The van der Waals surface area contributed by atoms with E-state index in [1.165, 1.54) is 23.2 Å². The molecule has 2 aliphatic rings. The molecule has 0 aliphatic carbocycles. The molecule has 39 heavy (non-hydrogen) atoms. The smallest absolute Gasteiger partial charge is 0.325 e. The number of benzene rings is 1. The van der Waals surface area contributed by atoms with Crippen molar-refractivity contribution in [2.45, 2.75) is 78.1 Å². The summed E-state index contributed by atoms with van der Waals surface area (Å²) < 4.78 is 25.8. The summed E-state index contributed by atoms with van der Waals surface area (Å²) >= 11 is 0. The van der Waals surface area contributed by atoms with Gasteiger partial charge in [0, 0.05) is 18.0 Å². The Morgan fingerprint density at radius 1 is 1.03 bits per heavy atom. The molecule has 0 spiro atoms. The lowest BCUT2D eigenvalue weighted by atomic mass is 10.0. The van der Waals surface area contributed by atoms with Crippen molar-refractivity contribution >= 4 is 23.7 Å². The molecule has 214 valence electrons. The summed E-state index contributed by atoms with van der Waals surface area (Å²) in [6.45, 7) is 9.03. The van der Waals surface area contributed by atoms with Gasteiger partial charge in [0.2, 0.25) is 11.8 Å². The van der Waals surface area contributed by atoms with Crippen LogP contribution >= 0.6 is 0 Å². The molecule has 3 N–H and O–H groups in total. The number of esters is 1. The maximum atomic E-state index is 14.6. The van der Waals surface area contributed by atoms with Gasteiger partial charge in [-0.15, -0.1) is 0 Å². The number of nitrogens with one attached hydrogen (secondary N) is 3. The number of carbonyl (C=O) groups is 4. The molecule has 0 radical (unpaired) electrons. The number of allylic oxidation sites excluding steroid dienone is 1. The Kier molecular flexibility index (Phi) is 10.4. The fourth-order valence-corrected chi connectivity index (χ4v) is 4.41. The molecule has 4 bridgehead atoms. The quantitative estimate of drug-likeness (QED) is 0.365. The van der Waals surface area contributed by atoms with Crippen molar-refractivity contribution in [2.24, 2.45) is 11.8 Å². The Morgan fingerprint density at radius 3 is 2.49 bits per heavy atom. The molecule has 2 heterocycles. The number of hydrazine groups is 1. The molecule has 10 nitrogen and oxygen atoms in total. The summed E-state index contributed by atoms with van der Waals surface area (Å²) in [6.07, 6.45) is 4.03. The second kappa shape index (κ2) is 13.5. The van der Waals surface area contributed by atoms with E-state index in [-0.39, 0.29) is 24.0 Å². The number of halogens is 1.